The zero-order valence-electron chi connectivity index (χ0n) is 10.9. The quantitative estimate of drug-likeness (QED) is 0.861. The number of amides is 1. The molecule has 2 aromatic rings. The van der Waals surface area contributed by atoms with E-state index in [9.17, 15) is 9.59 Å². The number of aromatic nitrogens is 2. The molecule has 0 bridgehead atoms. The number of ether oxygens (including phenoxy) is 1. The Kier molecular flexibility index (Phi) is 3.47. The van der Waals surface area contributed by atoms with Crippen molar-refractivity contribution in [2.75, 3.05) is 19.8 Å². The molecule has 0 saturated carbocycles. The molecule has 1 saturated heterocycles. The number of fused-ring (bicyclic) bond motifs is 1. The number of hydrogen-bond donors (Lipinski definition) is 2. The van der Waals surface area contributed by atoms with Crippen LogP contribution in [0.4, 0.5) is 0 Å². The Labute approximate surface area is 115 Å². The van der Waals surface area contributed by atoms with Crippen molar-refractivity contribution >= 4 is 16.7 Å². The SMILES string of the molecule is O=C(NC[C@H]1CCOC1)c1n[nH]c(=O)c2ccccc12. The molecule has 0 unspecified atom stereocenters. The Morgan fingerprint density at radius 1 is 1.40 bits per heavy atom. The maximum absolute atomic E-state index is 12.2. The average molecular weight is 273 g/mol. The minimum atomic E-state index is -0.290. The maximum atomic E-state index is 12.2. The summed E-state index contributed by atoms with van der Waals surface area (Å²) in [7, 11) is 0. The van der Waals surface area contributed by atoms with E-state index in [4.69, 9.17) is 4.74 Å². The van der Waals surface area contributed by atoms with E-state index in [1.54, 1.807) is 24.3 Å². The fraction of sp³-hybridized carbons (Fsp3) is 0.357. The Balaban J connectivity index is 1.84. The lowest BCUT2D eigenvalue weighted by atomic mass is 10.1. The highest BCUT2D eigenvalue weighted by Gasteiger charge is 2.18. The predicted molar refractivity (Wildman–Crippen MR) is 73.6 cm³/mol. The van der Waals surface area contributed by atoms with Gasteiger partial charge in [0.1, 0.15) is 0 Å². The van der Waals surface area contributed by atoms with Crippen molar-refractivity contribution in [3.8, 4) is 0 Å². The van der Waals surface area contributed by atoms with E-state index in [2.05, 4.69) is 15.5 Å². The first-order chi connectivity index (χ1) is 9.75. The van der Waals surface area contributed by atoms with Gasteiger partial charge in [-0.15, -0.1) is 0 Å². The highest BCUT2D eigenvalue weighted by atomic mass is 16.5. The molecule has 1 atom stereocenters. The molecule has 1 aliphatic heterocycles. The molecule has 1 aromatic carbocycles. The minimum absolute atomic E-state index is 0.249. The summed E-state index contributed by atoms with van der Waals surface area (Å²) in [4.78, 5) is 23.8. The smallest absolute Gasteiger partial charge is 0.272 e. The fourth-order valence-electron chi connectivity index (χ4n) is 2.35. The van der Waals surface area contributed by atoms with Crippen molar-refractivity contribution in [1.82, 2.24) is 15.5 Å². The Morgan fingerprint density at radius 2 is 2.20 bits per heavy atom. The number of nitrogens with zero attached hydrogens (tertiary/aromatic N) is 1. The number of hydrogen-bond acceptors (Lipinski definition) is 4. The number of aromatic amines is 1. The molecule has 0 aliphatic carbocycles. The number of H-pyrrole nitrogens is 1. The molecule has 6 heteroatoms. The molecular weight excluding hydrogens is 258 g/mol. The Bertz CT molecular complexity index is 689. The lowest BCUT2D eigenvalue weighted by Gasteiger charge is -2.10. The molecule has 1 aliphatic rings. The van der Waals surface area contributed by atoms with Crippen LogP contribution < -0.4 is 10.9 Å². The monoisotopic (exact) mass is 273 g/mol. The summed E-state index contributed by atoms with van der Waals surface area (Å²) in [5, 5.41) is 10.1. The molecule has 104 valence electrons. The van der Waals surface area contributed by atoms with E-state index in [0.717, 1.165) is 13.0 Å². The van der Waals surface area contributed by atoms with Crippen LogP contribution in [0.1, 0.15) is 16.9 Å². The van der Waals surface area contributed by atoms with Crippen molar-refractivity contribution < 1.29 is 9.53 Å². The summed E-state index contributed by atoms with van der Waals surface area (Å²) in [5.74, 6) is 0.0809. The lowest BCUT2D eigenvalue weighted by Crippen LogP contribution is -2.31. The molecular formula is C14H15N3O3. The second kappa shape index (κ2) is 5.42. The molecule has 20 heavy (non-hydrogen) atoms. The van der Waals surface area contributed by atoms with Crippen molar-refractivity contribution in [3.05, 3.63) is 40.3 Å². The molecule has 2 heterocycles. The van der Waals surface area contributed by atoms with Gasteiger partial charge in [-0.3, -0.25) is 9.59 Å². The van der Waals surface area contributed by atoms with Crippen LogP contribution in [0.5, 0.6) is 0 Å². The summed E-state index contributed by atoms with van der Waals surface area (Å²) < 4.78 is 5.27. The number of carbonyl (C=O) groups is 1. The summed E-state index contributed by atoms with van der Waals surface area (Å²) in [6.07, 6.45) is 0.958. The van der Waals surface area contributed by atoms with Crippen LogP contribution in [0.2, 0.25) is 0 Å². The molecule has 0 radical (unpaired) electrons. The van der Waals surface area contributed by atoms with Crippen molar-refractivity contribution in [2.45, 2.75) is 6.42 Å². The second-order valence-corrected chi connectivity index (χ2v) is 4.89. The zero-order chi connectivity index (χ0) is 13.9. The van der Waals surface area contributed by atoms with Gasteiger partial charge in [-0.05, 0) is 12.5 Å². The third kappa shape index (κ3) is 2.42. The molecule has 3 rings (SSSR count). The van der Waals surface area contributed by atoms with E-state index in [-0.39, 0.29) is 17.2 Å². The summed E-state index contributed by atoms with van der Waals surface area (Å²) in [6.45, 7) is 1.99. The number of nitrogens with one attached hydrogen (secondary N) is 2. The first-order valence-corrected chi connectivity index (χ1v) is 6.59. The highest BCUT2D eigenvalue weighted by molar-refractivity contribution is 6.04. The van der Waals surface area contributed by atoms with Gasteiger partial charge < -0.3 is 10.1 Å². The maximum Gasteiger partial charge on any atom is 0.272 e. The zero-order valence-corrected chi connectivity index (χ0v) is 10.9. The Hall–Kier alpha value is -2.21. The van der Waals surface area contributed by atoms with Crippen LogP contribution in [-0.4, -0.2) is 35.9 Å². The number of rotatable bonds is 3. The van der Waals surface area contributed by atoms with E-state index >= 15 is 0 Å². The van der Waals surface area contributed by atoms with Crippen molar-refractivity contribution in [3.63, 3.8) is 0 Å². The van der Waals surface area contributed by atoms with Crippen LogP contribution in [0.3, 0.4) is 0 Å². The van der Waals surface area contributed by atoms with E-state index in [0.29, 0.717) is 29.8 Å². The molecule has 0 spiro atoms. The minimum Gasteiger partial charge on any atom is -0.381 e. The standard InChI is InChI=1S/C14H15N3O3/c18-13-11-4-2-1-3-10(11)12(16-17-13)14(19)15-7-9-5-6-20-8-9/h1-4,9H,5-8H2,(H,15,19)(H,17,18)/t9-/m1/s1. The van der Waals surface area contributed by atoms with Crippen LogP contribution in [0, 0.1) is 5.92 Å². The molecule has 6 nitrogen and oxygen atoms in total. The predicted octanol–water partition coefficient (Wildman–Crippen LogP) is 0.689. The molecule has 2 N–H and O–H groups in total. The first-order valence-electron chi connectivity index (χ1n) is 6.59. The van der Waals surface area contributed by atoms with Gasteiger partial charge in [-0.1, -0.05) is 18.2 Å². The van der Waals surface area contributed by atoms with Gasteiger partial charge in [0, 0.05) is 24.5 Å². The largest absolute Gasteiger partial charge is 0.381 e. The first kappa shape index (κ1) is 12.8. The Morgan fingerprint density at radius 3 is 2.95 bits per heavy atom. The molecule has 1 fully saturated rings. The van der Waals surface area contributed by atoms with Crippen LogP contribution in [0.15, 0.2) is 29.1 Å². The third-order valence-corrected chi connectivity index (χ3v) is 3.49. The molecule has 1 amide bonds. The van der Waals surface area contributed by atoms with Gasteiger partial charge in [-0.2, -0.15) is 5.10 Å². The number of carbonyl (C=O) groups excluding carboxylic acids is 1. The summed E-state index contributed by atoms with van der Waals surface area (Å²) in [6, 6.07) is 6.95. The van der Waals surface area contributed by atoms with Crippen LogP contribution >= 0.6 is 0 Å². The van der Waals surface area contributed by atoms with E-state index in [1.165, 1.54) is 0 Å². The normalized spacial score (nSPS) is 18.3. The second-order valence-electron chi connectivity index (χ2n) is 4.89. The van der Waals surface area contributed by atoms with Crippen molar-refractivity contribution in [1.29, 1.82) is 0 Å². The summed E-state index contributed by atoms with van der Waals surface area (Å²) in [5.41, 5.74) is -0.0412. The molecule has 1 aromatic heterocycles. The number of benzene rings is 1. The third-order valence-electron chi connectivity index (χ3n) is 3.49. The van der Waals surface area contributed by atoms with Gasteiger partial charge in [0.05, 0.1) is 12.0 Å². The van der Waals surface area contributed by atoms with E-state index < -0.39 is 0 Å². The van der Waals surface area contributed by atoms with Gasteiger partial charge in [0.15, 0.2) is 5.69 Å². The highest BCUT2D eigenvalue weighted by Crippen LogP contribution is 2.13. The van der Waals surface area contributed by atoms with Crippen molar-refractivity contribution in [2.24, 2.45) is 5.92 Å². The average Bonchev–Trinajstić information content (AvgIpc) is 2.99. The fourth-order valence-corrected chi connectivity index (χ4v) is 2.35. The van der Waals surface area contributed by atoms with Crippen LogP contribution in [0.25, 0.3) is 10.8 Å². The van der Waals surface area contributed by atoms with Crippen LogP contribution in [-0.2, 0) is 4.74 Å². The summed E-state index contributed by atoms with van der Waals surface area (Å²) >= 11 is 0. The van der Waals surface area contributed by atoms with Gasteiger partial charge in [0.2, 0.25) is 0 Å². The van der Waals surface area contributed by atoms with Gasteiger partial charge in [0.25, 0.3) is 11.5 Å². The topological polar surface area (TPSA) is 84.1 Å². The van der Waals surface area contributed by atoms with Gasteiger partial charge >= 0.3 is 0 Å². The van der Waals surface area contributed by atoms with E-state index in [1.807, 2.05) is 0 Å². The lowest BCUT2D eigenvalue weighted by molar-refractivity contribution is 0.0941. The van der Waals surface area contributed by atoms with Gasteiger partial charge in [-0.25, -0.2) is 5.10 Å².